The molecule has 2 fully saturated rings. The fourth-order valence-corrected chi connectivity index (χ4v) is 3.26. The summed E-state index contributed by atoms with van der Waals surface area (Å²) in [6.45, 7) is 2.39. The number of nitrogens with one attached hydrogen (secondary N) is 1. The maximum atomic E-state index is 12.6. The van der Waals surface area contributed by atoms with Crippen LogP contribution in [0.5, 0.6) is 0 Å². The molecule has 1 aliphatic carbocycles. The van der Waals surface area contributed by atoms with Crippen LogP contribution < -0.4 is 5.32 Å². The minimum absolute atomic E-state index is 0.0207. The number of fused-ring (bicyclic) bond motifs is 1. The third-order valence-electron chi connectivity index (χ3n) is 4.70. The first-order valence-electron chi connectivity index (χ1n) is 8.29. The zero-order valence-corrected chi connectivity index (χ0v) is 12.8. The summed E-state index contributed by atoms with van der Waals surface area (Å²) >= 11 is 0. The average molecular weight is 298 g/mol. The number of carbonyl (C=O) groups is 1. The van der Waals surface area contributed by atoms with Gasteiger partial charge in [-0.1, -0.05) is 18.2 Å². The standard InChI is InChI=1S/C18H22N2O2/c21-18(19-11-15-5-3-9-22-15)17-10-14-4-1-2-6-16(14)20(17)12-13-7-8-13/h1-2,4,6,10,13,15H,3,5,7-9,11-12H2,(H,19,21)/t15-/m0/s1. The lowest BCUT2D eigenvalue weighted by molar-refractivity contribution is 0.0850. The predicted molar refractivity (Wildman–Crippen MR) is 86.0 cm³/mol. The largest absolute Gasteiger partial charge is 0.376 e. The first-order chi connectivity index (χ1) is 10.8. The molecule has 22 heavy (non-hydrogen) atoms. The van der Waals surface area contributed by atoms with Crippen LogP contribution in [0.2, 0.25) is 0 Å². The number of para-hydroxylation sites is 1. The van der Waals surface area contributed by atoms with Gasteiger partial charge in [-0.3, -0.25) is 4.79 Å². The molecule has 1 atom stereocenters. The molecule has 2 aromatic rings. The highest BCUT2D eigenvalue weighted by atomic mass is 16.5. The second kappa shape index (κ2) is 5.76. The van der Waals surface area contributed by atoms with Crippen LogP contribution in [0.15, 0.2) is 30.3 Å². The van der Waals surface area contributed by atoms with Gasteiger partial charge in [0.25, 0.3) is 5.91 Å². The van der Waals surface area contributed by atoms with Gasteiger partial charge in [-0.05, 0) is 43.7 Å². The minimum Gasteiger partial charge on any atom is -0.376 e. The Morgan fingerprint density at radius 2 is 2.14 bits per heavy atom. The maximum Gasteiger partial charge on any atom is 0.268 e. The molecule has 1 aromatic carbocycles. The van der Waals surface area contributed by atoms with Gasteiger partial charge in [0.15, 0.2) is 0 Å². The molecule has 116 valence electrons. The Kier molecular flexibility index (Phi) is 3.62. The molecular weight excluding hydrogens is 276 g/mol. The van der Waals surface area contributed by atoms with Crippen LogP contribution in [-0.4, -0.2) is 29.7 Å². The summed E-state index contributed by atoms with van der Waals surface area (Å²) < 4.78 is 7.77. The van der Waals surface area contributed by atoms with E-state index in [1.165, 1.54) is 12.8 Å². The highest BCUT2D eigenvalue weighted by molar-refractivity contribution is 5.98. The molecule has 1 amide bonds. The highest BCUT2D eigenvalue weighted by Gasteiger charge is 2.25. The van der Waals surface area contributed by atoms with Gasteiger partial charge in [-0.2, -0.15) is 0 Å². The average Bonchev–Trinajstić information content (AvgIpc) is 3.07. The van der Waals surface area contributed by atoms with E-state index in [-0.39, 0.29) is 12.0 Å². The fourth-order valence-electron chi connectivity index (χ4n) is 3.26. The zero-order chi connectivity index (χ0) is 14.9. The van der Waals surface area contributed by atoms with Gasteiger partial charge < -0.3 is 14.6 Å². The van der Waals surface area contributed by atoms with Crippen molar-refractivity contribution in [2.45, 2.75) is 38.3 Å². The molecule has 0 unspecified atom stereocenters. The van der Waals surface area contributed by atoms with Crippen LogP contribution in [0, 0.1) is 5.92 Å². The van der Waals surface area contributed by atoms with Crippen LogP contribution >= 0.6 is 0 Å². The normalized spacial score (nSPS) is 21.4. The molecular formula is C18H22N2O2. The number of hydrogen-bond acceptors (Lipinski definition) is 2. The van der Waals surface area contributed by atoms with Crippen molar-refractivity contribution in [1.82, 2.24) is 9.88 Å². The lowest BCUT2D eigenvalue weighted by atomic mass is 10.2. The summed E-state index contributed by atoms with van der Waals surface area (Å²) in [6, 6.07) is 10.3. The van der Waals surface area contributed by atoms with Crippen molar-refractivity contribution in [1.29, 1.82) is 0 Å². The molecule has 4 nitrogen and oxygen atoms in total. The quantitative estimate of drug-likeness (QED) is 0.922. The second-order valence-corrected chi connectivity index (χ2v) is 6.49. The molecule has 0 spiro atoms. The van der Waals surface area contributed by atoms with E-state index in [1.54, 1.807) is 0 Å². The fraction of sp³-hybridized carbons (Fsp3) is 0.500. The smallest absolute Gasteiger partial charge is 0.268 e. The molecule has 0 bridgehead atoms. The third kappa shape index (κ3) is 2.75. The van der Waals surface area contributed by atoms with Gasteiger partial charge in [0.1, 0.15) is 5.69 Å². The van der Waals surface area contributed by atoms with Gasteiger partial charge in [0.2, 0.25) is 0 Å². The number of carbonyl (C=O) groups excluding carboxylic acids is 1. The van der Waals surface area contributed by atoms with Crippen molar-refractivity contribution in [2.75, 3.05) is 13.2 Å². The lowest BCUT2D eigenvalue weighted by Crippen LogP contribution is -2.33. The van der Waals surface area contributed by atoms with Crippen LogP contribution in [0.25, 0.3) is 10.9 Å². The van der Waals surface area contributed by atoms with Crippen LogP contribution in [0.3, 0.4) is 0 Å². The Hall–Kier alpha value is -1.81. The SMILES string of the molecule is O=C(NC[C@@H]1CCCO1)c1cc2ccccc2n1CC1CC1. The van der Waals surface area contributed by atoms with E-state index in [0.29, 0.717) is 6.54 Å². The van der Waals surface area contributed by atoms with Gasteiger partial charge in [-0.25, -0.2) is 0 Å². The zero-order valence-electron chi connectivity index (χ0n) is 12.8. The summed E-state index contributed by atoms with van der Waals surface area (Å²) in [5.41, 5.74) is 1.95. The summed E-state index contributed by atoms with van der Waals surface area (Å²) in [5, 5.41) is 4.20. The number of nitrogens with zero attached hydrogens (tertiary/aromatic N) is 1. The van der Waals surface area contributed by atoms with Crippen molar-refractivity contribution >= 4 is 16.8 Å². The van der Waals surface area contributed by atoms with E-state index < -0.39 is 0 Å². The first-order valence-corrected chi connectivity index (χ1v) is 8.29. The summed E-state index contributed by atoms with van der Waals surface area (Å²) in [6.07, 6.45) is 4.89. The maximum absolute atomic E-state index is 12.6. The molecule has 2 aliphatic rings. The van der Waals surface area contributed by atoms with Crippen LogP contribution in [0.4, 0.5) is 0 Å². The molecule has 2 heterocycles. The van der Waals surface area contributed by atoms with E-state index in [0.717, 1.165) is 48.5 Å². The van der Waals surface area contributed by atoms with Crippen molar-refractivity contribution in [3.05, 3.63) is 36.0 Å². The Morgan fingerprint density at radius 1 is 1.27 bits per heavy atom. The Labute approximate surface area is 130 Å². The number of benzene rings is 1. The van der Waals surface area contributed by atoms with Crippen LogP contribution in [-0.2, 0) is 11.3 Å². The predicted octanol–water partition coefficient (Wildman–Crippen LogP) is 2.96. The van der Waals surface area contributed by atoms with E-state index >= 15 is 0 Å². The number of amides is 1. The van der Waals surface area contributed by atoms with Crippen molar-refractivity contribution in [3.8, 4) is 0 Å². The van der Waals surface area contributed by atoms with E-state index in [4.69, 9.17) is 4.74 Å². The van der Waals surface area contributed by atoms with Crippen molar-refractivity contribution < 1.29 is 9.53 Å². The topological polar surface area (TPSA) is 43.3 Å². The Balaban J connectivity index is 1.57. The van der Waals surface area contributed by atoms with Crippen molar-refractivity contribution in [3.63, 3.8) is 0 Å². The van der Waals surface area contributed by atoms with E-state index in [9.17, 15) is 4.79 Å². The number of hydrogen-bond donors (Lipinski definition) is 1. The highest BCUT2D eigenvalue weighted by Crippen LogP contribution is 2.33. The second-order valence-electron chi connectivity index (χ2n) is 6.49. The number of ether oxygens (including phenoxy) is 1. The number of rotatable bonds is 5. The van der Waals surface area contributed by atoms with Gasteiger partial charge >= 0.3 is 0 Å². The molecule has 1 saturated heterocycles. The molecule has 4 heteroatoms. The van der Waals surface area contributed by atoms with Gasteiger partial charge in [-0.15, -0.1) is 0 Å². The molecule has 1 aromatic heterocycles. The number of aromatic nitrogens is 1. The Bertz CT molecular complexity index is 681. The molecule has 0 radical (unpaired) electrons. The molecule has 1 saturated carbocycles. The summed E-state index contributed by atoms with van der Waals surface area (Å²) in [4.78, 5) is 12.6. The van der Waals surface area contributed by atoms with Crippen molar-refractivity contribution in [2.24, 2.45) is 5.92 Å². The van der Waals surface area contributed by atoms with E-state index in [2.05, 4.69) is 22.0 Å². The third-order valence-corrected chi connectivity index (χ3v) is 4.70. The first kappa shape index (κ1) is 13.8. The van der Waals surface area contributed by atoms with E-state index in [1.807, 2.05) is 18.2 Å². The van der Waals surface area contributed by atoms with Crippen LogP contribution in [0.1, 0.15) is 36.2 Å². The Morgan fingerprint density at radius 3 is 2.91 bits per heavy atom. The van der Waals surface area contributed by atoms with Gasteiger partial charge in [0.05, 0.1) is 6.10 Å². The lowest BCUT2D eigenvalue weighted by Gasteiger charge is -2.13. The minimum atomic E-state index is 0.0207. The summed E-state index contributed by atoms with van der Waals surface area (Å²) in [5.74, 6) is 0.757. The summed E-state index contributed by atoms with van der Waals surface area (Å²) in [7, 11) is 0. The molecule has 4 rings (SSSR count). The monoisotopic (exact) mass is 298 g/mol. The molecule has 1 aliphatic heterocycles. The van der Waals surface area contributed by atoms with Gasteiger partial charge in [0, 0.05) is 30.6 Å². The molecule has 1 N–H and O–H groups in total.